The highest BCUT2D eigenvalue weighted by atomic mass is 32.2. The van der Waals surface area contributed by atoms with Crippen LogP contribution in [0.5, 0.6) is 0 Å². The predicted molar refractivity (Wildman–Crippen MR) is 93.7 cm³/mol. The fraction of sp³-hybridized carbons (Fsp3) is 0.667. The first-order valence-corrected chi connectivity index (χ1v) is 11.6. The maximum atomic E-state index is 14.1. The van der Waals surface area contributed by atoms with Gasteiger partial charge in [-0.1, -0.05) is 0 Å². The van der Waals surface area contributed by atoms with Gasteiger partial charge in [0.15, 0.2) is 28.2 Å². The number of halogens is 4. The maximum Gasteiger partial charge on any atom is 0.300 e. The van der Waals surface area contributed by atoms with E-state index >= 15 is 0 Å². The van der Waals surface area contributed by atoms with E-state index in [2.05, 4.69) is 0 Å². The topological polar surface area (TPSA) is 63.6 Å². The summed E-state index contributed by atoms with van der Waals surface area (Å²) in [5.74, 6) is -5.88. The number of thioether (sulfide) groups is 1. The molecule has 0 heterocycles. The molecule has 0 unspecified atom stereocenters. The molecule has 0 atom stereocenters. The second kappa shape index (κ2) is 7.14. The largest absolute Gasteiger partial charge is 0.374 e. The van der Waals surface area contributed by atoms with E-state index in [1.165, 1.54) is 19.3 Å². The second-order valence-corrected chi connectivity index (χ2v) is 10.7. The van der Waals surface area contributed by atoms with Gasteiger partial charge in [0.2, 0.25) is 0 Å². The minimum atomic E-state index is -5.44. The molecule has 1 aromatic carbocycles. The normalized spacial score (nSPS) is 31.5. The van der Waals surface area contributed by atoms with Crippen molar-refractivity contribution in [1.82, 2.24) is 0 Å². The van der Waals surface area contributed by atoms with Crippen LogP contribution in [0.1, 0.15) is 38.5 Å². The van der Waals surface area contributed by atoms with Gasteiger partial charge < -0.3 is 4.74 Å². The van der Waals surface area contributed by atoms with Crippen LogP contribution >= 0.6 is 11.8 Å². The van der Waals surface area contributed by atoms with Crippen LogP contribution in [0, 0.1) is 41.0 Å². The van der Waals surface area contributed by atoms with Gasteiger partial charge in [-0.15, -0.1) is 11.8 Å². The van der Waals surface area contributed by atoms with Gasteiger partial charge in [0.25, 0.3) is 0 Å². The van der Waals surface area contributed by atoms with Crippen LogP contribution in [0.4, 0.5) is 17.6 Å². The molecule has 4 saturated carbocycles. The molecule has 0 radical (unpaired) electrons. The summed E-state index contributed by atoms with van der Waals surface area (Å²) in [4.78, 5) is -2.98. The highest BCUT2D eigenvalue weighted by molar-refractivity contribution is 7.99. The lowest BCUT2D eigenvalue weighted by Gasteiger charge is -2.56. The van der Waals surface area contributed by atoms with Crippen LogP contribution in [-0.4, -0.2) is 30.9 Å². The van der Waals surface area contributed by atoms with E-state index in [1.54, 1.807) is 0 Å². The van der Waals surface area contributed by atoms with E-state index in [-0.39, 0.29) is 18.0 Å². The van der Waals surface area contributed by atoms with Gasteiger partial charge in [0.1, 0.15) is 0 Å². The summed E-state index contributed by atoms with van der Waals surface area (Å²) < 4.78 is 92.6. The van der Waals surface area contributed by atoms with Gasteiger partial charge >= 0.3 is 10.1 Å². The lowest BCUT2D eigenvalue weighted by Crippen LogP contribution is -2.52. The quantitative estimate of drug-likeness (QED) is 0.231. The van der Waals surface area contributed by atoms with Crippen molar-refractivity contribution >= 4 is 21.9 Å². The van der Waals surface area contributed by atoms with Gasteiger partial charge in [-0.2, -0.15) is 8.42 Å². The minimum absolute atomic E-state index is 0.0552. The number of hydrogen-bond donors (Lipinski definition) is 1. The first-order chi connectivity index (χ1) is 13.1. The third-order valence-corrected chi connectivity index (χ3v) is 8.05. The smallest absolute Gasteiger partial charge is 0.300 e. The third-order valence-electron chi connectivity index (χ3n) is 6.16. The van der Waals surface area contributed by atoms with Crippen molar-refractivity contribution < 1.29 is 35.3 Å². The molecule has 0 spiro atoms. The second-order valence-electron chi connectivity index (χ2n) is 8.19. The molecule has 4 fully saturated rings. The summed E-state index contributed by atoms with van der Waals surface area (Å²) in [6.45, 7) is 0.166. The van der Waals surface area contributed by atoms with Gasteiger partial charge in [-0.05, 0) is 56.3 Å². The van der Waals surface area contributed by atoms with E-state index in [4.69, 9.17) is 9.29 Å². The predicted octanol–water partition coefficient (Wildman–Crippen LogP) is 4.57. The summed E-state index contributed by atoms with van der Waals surface area (Å²) in [5, 5.41) is 0. The molecule has 1 aromatic rings. The Labute approximate surface area is 164 Å². The van der Waals surface area contributed by atoms with Gasteiger partial charge in [-0.3, -0.25) is 4.55 Å². The van der Waals surface area contributed by atoms with E-state index in [0.717, 1.165) is 19.3 Å². The van der Waals surface area contributed by atoms with Crippen LogP contribution in [-0.2, 0) is 14.9 Å². The zero-order valence-electron chi connectivity index (χ0n) is 14.9. The Morgan fingerprint density at radius 1 is 0.929 bits per heavy atom. The molecule has 1 N–H and O–H groups in total. The van der Waals surface area contributed by atoms with E-state index in [9.17, 15) is 26.0 Å². The summed E-state index contributed by atoms with van der Waals surface area (Å²) in [6.07, 6.45) is 6.68. The van der Waals surface area contributed by atoms with Gasteiger partial charge in [0.05, 0.1) is 17.1 Å². The molecule has 0 aliphatic heterocycles. The van der Waals surface area contributed by atoms with Crippen molar-refractivity contribution in [1.29, 1.82) is 0 Å². The molecule has 28 heavy (non-hydrogen) atoms. The van der Waals surface area contributed by atoms with Gasteiger partial charge in [0, 0.05) is 5.75 Å². The van der Waals surface area contributed by atoms with Crippen LogP contribution in [0.2, 0.25) is 0 Å². The highest BCUT2D eigenvalue weighted by Gasteiger charge is 2.51. The average Bonchev–Trinajstić information content (AvgIpc) is 2.57. The monoisotopic (exact) mass is 440 g/mol. The molecule has 4 nitrogen and oxygen atoms in total. The Bertz CT molecular complexity index is 839. The fourth-order valence-electron chi connectivity index (χ4n) is 5.55. The summed E-state index contributed by atoms with van der Waals surface area (Å²) in [6, 6.07) is 0. The highest BCUT2D eigenvalue weighted by Crippen LogP contribution is 2.57. The van der Waals surface area contributed by atoms with Crippen LogP contribution in [0.25, 0.3) is 0 Å². The lowest BCUT2D eigenvalue weighted by molar-refractivity contribution is -0.158. The van der Waals surface area contributed by atoms with Crippen LogP contribution < -0.4 is 0 Å². The number of hydrogen-bond acceptors (Lipinski definition) is 4. The summed E-state index contributed by atoms with van der Waals surface area (Å²) >= 11 is 0.518. The Kier molecular flexibility index (Phi) is 5.21. The standard InChI is InChI=1S/C18H20F4O4S2/c19-12-14(21)17(28(23,24)25)15(22)13(20)16(12)27-2-1-26-18-6-9-3-10(7-18)5-11(4-9)8-18/h9-11H,1-8H2,(H,23,24,25). The third kappa shape index (κ3) is 3.57. The first kappa shape index (κ1) is 20.4. The van der Waals surface area contributed by atoms with E-state index in [0.29, 0.717) is 29.5 Å². The molecule has 4 bridgehead atoms. The number of benzene rings is 1. The minimum Gasteiger partial charge on any atom is -0.374 e. The summed E-state index contributed by atoms with van der Waals surface area (Å²) in [5.41, 5.74) is -0.197. The molecule has 156 valence electrons. The molecule has 0 aromatic heterocycles. The molecular weight excluding hydrogens is 420 g/mol. The Hall–Kier alpha value is -0.840. The SMILES string of the molecule is O=S(=O)(O)c1c(F)c(F)c(SCCOC23CC4CC(CC(C4)C2)C3)c(F)c1F. The van der Waals surface area contributed by atoms with Crippen molar-refractivity contribution in [2.45, 2.75) is 53.9 Å². The van der Waals surface area contributed by atoms with Crippen LogP contribution in [0.15, 0.2) is 9.79 Å². The molecule has 0 saturated heterocycles. The van der Waals surface area contributed by atoms with E-state index < -0.39 is 43.2 Å². The first-order valence-electron chi connectivity index (χ1n) is 9.20. The lowest BCUT2D eigenvalue weighted by atomic mass is 9.54. The average molecular weight is 440 g/mol. The van der Waals surface area contributed by atoms with Crippen molar-refractivity contribution in [3.05, 3.63) is 23.3 Å². The van der Waals surface area contributed by atoms with E-state index in [1.807, 2.05) is 0 Å². The molecule has 0 amide bonds. The fourth-order valence-corrected chi connectivity index (χ4v) is 6.99. The Balaban J connectivity index is 1.43. The zero-order chi connectivity index (χ0) is 20.3. The van der Waals surface area contributed by atoms with Crippen molar-refractivity contribution in [3.63, 3.8) is 0 Å². The summed E-state index contributed by atoms with van der Waals surface area (Å²) in [7, 11) is -5.44. The van der Waals surface area contributed by atoms with Crippen molar-refractivity contribution in [2.24, 2.45) is 17.8 Å². The molecule has 4 aliphatic carbocycles. The Morgan fingerprint density at radius 2 is 1.39 bits per heavy atom. The maximum absolute atomic E-state index is 14.1. The molecule has 10 heteroatoms. The zero-order valence-corrected chi connectivity index (χ0v) is 16.5. The van der Waals surface area contributed by atoms with Crippen molar-refractivity contribution in [2.75, 3.05) is 12.4 Å². The van der Waals surface area contributed by atoms with Crippen LogP contribution in [0.3, 0.4) is 0 Å². The number of rotatable bonds is 6. The Morgan fingerprint density at radius 3 is 1.82 bits per heavy atom. The molecular formula is C18H20F4O4S2. The van der Waals surface area contributed by atoms with Gasteiger partial charge in [-0.25, -0.2) is 17.6 Å². The van der Waals surface area contributed by atoms with Crippen molar-refractivity contribution in [3.8, 4) is 0 Å². The molecule has 5 rings (SSSR count). The molecule has 4 aliphatic rings. The number of ether oxygens (including phenoxy) is 1.